The maximum Gasteiger partial charge on any atom is 0.260 e. The number of ether oxygens (including phenoxy) is 1. The molecule has 0 unspecified atom stereocenters. The van der Waals surface area contributed by atoms with Crippen LogP contribution in [0, 0.1) is 5.82 Å². The molecule has 0 aliphatic carbocycles. The van der Waals surface area contributed by atoms with Crippen molar-refractivity contribution in [3.8, 4) is 5.75 Å². The summed E-state index contributed by atoms with van der Waals surface area (Å²) in [6, 6.07) is 13.1. The van der Waals surface area contributed by atoms with Crippen molar-refractivity contribution in [2.75, 3.05) is 6.54 Å². The average molecular weight is 322 g/mol. The van der Waals surface area contributed by atoms with Gasteiger partial charge >= 0.3 is 0 Å². The van der Waals surface area contributed by atoms with Crippen LogP contribution in [0.2, 0.25) is 5.02 Å². The molecule has 5 heteroatoms. The van der Waals surface area contributed by atoms with E-state index in [1.54, 1.807) is 43.3 Å². The van der Waals surface area contributed by atoms with Crippen molar-refractivity contribution in [2.24, 2.45) is 0 Å². The zero-order valence-electron chi connectivity index (χ0n) is 12.2. The molecule has 0 aliphatic rings. The first-order chi connectivity index (χ1) is 10.5. The molecular formula is C17H17ClFNO2. The van der Waals surface area contributed by atoms with E-state index >= 15 is 0 Å². The standard InChI is InChI=1S/C17H17ClFNO2/c1-12(22-16-8-4-14(18)5-9-16)17(21)20-11-10-13-2-6-15(19)7-3-13/h2-9,12H,10-11H2,1H3,(H,20,21)/t12-/m1/s1. The lowest BCUT2D eigenvalue weighted by atomic mass is 10.1. The predicted octanol–water partition coefficient (Wildman–Crippen LogP) is 3.61. The number of carbonyl (C=O) groups is 1. The molecule has 0 aliphatic heterocycles. The zero-order valence-corrected chi connectivity index (χ0v) is 12.9. The maximum atomic E-state index is 12.8. The van der Waals surface area contributed by atoms with Gasteiger partial charge in [0.2, 0.25) is 0 Å². The Labute approximate surface area is 134 Å². The normalized spacial score (nSPS) is 11.8. The largest absolute Gasteiger partial charge is 0.481 e. The molecule has 1 N–H and O–H groups in total. The molecule has 0 bridgehead atoms. The summed E-state index contributed by atoms with van der Waals surface area (Å²) in [7, 11) is 0. The molecule has 116 valence electrons. The third kappa shape index (κ3) is 5.04. The number of hydrogen-bond donors (Lipinski definition) is 1. The average Bonchev–Trinajstić information content (AvgIpc) is 2.51. The van der Waals surface area contributed by atoms with Gasteiger partial charge in [-0.2, -0.15) is 0 Å². The van der Waals surface area contributed by atoms with Gasteiger partial charge in [0.1, 0.15) is 11.6 Å². The number of halogens is 2. The molecule has 0 aromatic heterocycles. The highest BCUT2D eigenvalue weighted by molar-refractivity contribution is 6.30. The summed E-state index contributed by atoms with van der Waals surface area (Å²) in [5, 5.41) is 3.41. The van der Waals surface area contributed by atoms with Gasteiger partial charge < -0.3 is 10.1 Å². The number of amides is 1. The third-order valence-corrected chi connectivity index (χ3v) is 3.37. The van der Waals surface area contributed by atoms with Crippen LogP contribution in [0.4, 0.5) is 4.39 Å². The highest BCUT2D eigenvalue weighted by atomic mass is 35.5. The fraction of sp³-hybridized carbons (Fsp3) is 0.235. The minimum absolute atomic E-state index is 0.197. The molecule has 0 saturated carbocycles. The van der Waals surface area contributed by atoms with E-state index in [0.717, 1.165) is 5.56 Å². The highest BCUT2D eigenvalue weighted by Crippen LogP contribution is 2.16. The summed E-state index contributed by atoms with van der Waals surface area (Å²) < 4.78 is 18.3. The van der Waals surface area contributed by atoms with Gasteiger partial charge in [-0.3, -0.25) is 4.79 Å². The maximum absolute atomic E-state index is 12.8. The monoisotopic (exact) mass is 321 g/mol. The number of rotatable bonds is 6. The lowest BCUT2D eigenvalue weighted by Gasteiger charge is -2.14. The Balaban J connectivity index is 1.76. The topological polar surface area (TPSA) is 38.3 Å². The van der Waals surface area contributed by atoms with Crippen molar-refractivity contribution >= 4 is 17.5 Å². The molecule has 2 aromatic rings. The van der Waals surface area contributed by atoms with E-state index in [-0.39, 0.29) is 11.7 Å². The van der Waals surface area contributed by atoms with Crippen LogP contribution in [0.25, 0.3) is 0 Å². The molecule has 2 rings (SSSR count). The van der Waals surface area contributed by atoms with Crippen LogP contribution in [0.3, 0.4) is 0 Å². The van der Waals surface area contributed by atoms with Gasteiger partial charge in [0, 0.05) is 11.6 Å². The second-order valence-corrected chi connectivity index (χ2v) is 5.32. The van der Waals surface area contributed by atoms with E-state index in [0.29, 0.717) is 23.7 Å². The van der Waals surface area contributed by atoms with Gasteiger partial charge in [-0.25, -0.2) is 4.39 Å². The van der Waals surface area contributed by atoms with Crippen LogP contribution in [0.15, 0.2) is 48.5 Å². The summed E-state index contributed by atoms with van der Waals surface area (Å²) in [4.78, 5) is 11.9. The molecule has 0 radical (unpaired) electrons. The summed E-state index contributed by atoms with van der Waals surface area (Å²) in [5.41, 5.74) is 0.966. The SMILES string of the molecule is C[C@@H](Oc1ccc(Cl)cc1)C(=O)NCCc1ccc(F)cc1. The van der Waals surface area contributed by atoms with Crippen LogP contribution in [-0.4, -0.2) is 18.6 Å². The lowest BCUT2D eigenvalue weighted by molar-refractivity contribution is -0.127. The molecule has 0 saturated heterocycles. The van der Waals surface area contributed by atoms with Gasteiger partial charge in [-0.05, 0) is 55.3 Å². The Kier molecular flexibility index (Phi) is 5.78. The molecule has 2 aromatic carbocycles. The van der Waals surface area contributed by atoms with E-state index in [2.05, 4.69) is 5.32 Å². The zero-order chi connectivity index (χ0) is 15.9. The van der Waals surface area contributed by atoms with Crippen molar-refractivity contribution in [1.29, 1.82) is 0 Å². The van der Waals surface area contributed by atoms with E-state index < -0.39 is 6.10 Å². The molecule has 0 spiro atoms. The summed E-state index contributed by atoms with van der Waals surface area (Å²) in [5.74, 6) is 0.125. The van der Waals surface area contributed by atoms with E-state index in [9.17, 15) is 9.18 Å². The van der Waals surface area contributed by atoms with Gasteiger partial charge in [0.25, 0.3) is 5.91 Å². The quantitative estimate of drug-likeness (QED) is 0.882. The smallest absolute Gasteiger partial charge is 0.260 e. The van der Waals surface area contributed by atoms with Crippen LogP contribution in [0.1, 0.15) is 12.5 Å². The molecule has 3 nitrogen and oxygen atoms in total. The molecular weight excluding hydrogens is 305 g/mol. The Morgan fingerprint density at radius 3 is 2.45 bits per heavy atom. The van der Waals surface area contributed by atoms with Crippen molar-refractivity contribution in [1.82, 2.24) is 5.32 Å². The Hall–Kier alpha value is -2.07. The van der Waals surface area contributed by atoms with Gasteiger partial charge in [-0.15, -0.1) is 0 Å². The number of nitrogens with one attached hydrogen (secondary N) is 1. The molecule has 1 amide bonds. The first-order valence-corrected chi connectivity index (χ1v) is 7.37. The van der Waals surface area contributed by atoms with Crippen LogP contribution in [0.5, 0.6) is 5.75 Å². The van der Waals surface area contributed by atoms with E-state index in [4.69, 9.17) is 16.3 Å². The predicted molar refractivity (Wildman–Crippen MR) is 84.7 cm³/mol. The minimum Gasteiger partial charge on any atom is -0.481 e. The molecule has 1 atom stereocenters. The molecule has 22 heavy (non-hydrogen) atoms. The molecule has 0 heterocycles. The number of hydrogen-bond acceptors (Lipinski definition) is 2. The Morgan fingerprint density at radius 1 is 1.18 bits per heavy atom. The van der Waals surface area contributed by atoms with Crippen LogP contribution < -0.4 is 10.1 Å². The first-order valence-electron chi connectivity index (χ1n) is 6.99. The minimum atomic E-state index is -0.602. The van der Waals surface area contributed by atoms with Gasteiger partial charge in [-0.1, -0.05) is 23.7 Å². The summed E-state index contributed by atoms with van der Waals surface area (Å²) in [6.07, 6.45) is 0.0362. The summed E-state index contributed by atoms with van der Waals surface area (Å²) >= 11 is 5.79. The van der Waals surface area contributed by atoms with Crippen molar-refractivity contribution in [3.05, 3.63) is 64.9 Å². The fourth-order valence-electron chi connectivity index (χ4n) is 1.90. The molecule has 0 fully saturated rings. The van der Waals surface area contributed by atoms with Crippen LogP contribution >= 0.6 is 11.6 Å². The number of benzene rings is 2. The van der Waals surface area contributed by atoms with Gasteiger partial charge in [0.15, 0.2) is 6.10 Å². The van der Waals surface area contributed by atoms with E-state index in [1.165, 1.54) is 12.1 Å². The second-order valence-electron chi connectivity index (χ2n) is 4.88. The first kappa shape index (κ1) is 16.3. The highest BCUT2D eigenvalue weighted by Gasteiger charge is 2.13. The Bertz CT molecular complexity index is 614. The fourth-order valence-corrected chi connectivity index (χ4v) is 2.02. The van der Waals surface area contributed by atoms with Crippen molar-refractivity contribution in [3.63, 3.8) is 0 Å². The van der Waals surface area contributed by atoms with Crippen LogP contribution in [-0.2, 0) is 11.2 Å². The summed E-state index contributed by atoms with van der Waals surface area (Å²) in [6.45, 7) is 2.15. The second kappa shape index (κ2) is 7.80. The Morgan fingerprint density at radius 2 is 1.82 bits per heavy atom. The van der Waals surface area contributed by atoms with Gasteiger partial charge in [0.05, 0.1) is 0 Å². The number of carbonyl (C=O) groups excluding carboxylic acids is 1. The van der Waals surface area contributed by atoms with E-state index in [1.807, 2.05) is 0 Å². The van der Waals surface area contributed by atoms with Crippen molar-refractivity contribution < 1.29 is 13.9 Å². The van der Waals surface area contributed by atoms with Crippen molar-refractivity contribution in [2.45, 2.75) is 19.4 Å². The lowest BCUT2D eigenvalue weighted by Crippen LogP contribution is -2.37. The third-order valence-electron chi connectivity index (χ3n) is 3.12.